The molecular weight excluding hydrogens is 444 g/mol. The van der Waals surface area contributed by atoms with Crippen LogP contribution in [0.3, 0.4) is 0 Å². The number of nitrogens with zero attached hydrogens (tertiary/aromatic N) is 1. The Balaban J connectivity index is 1.09. The minimum Gasteiger partial charge on any atom is -0.481 e. The Kier molecular flexibility index (Phi) is 5.13. The van der Waals surface area contributed by atoms with E-state index in [0.29, 0.717) is 32.4 Å². The summed E-state index contributed by atoms with van der Waals surface area (Å²) in [6.45, 7) is 1.32. The highest BCUT2D eigenvalue weighted by atomic mass is 16.5. The Morgan fingerprint density at radius 3 is 2.06 bits per heavy atom. The third kappa shape index (κ3) is 3.60. The van der Waals surface area contributed by atoms with E-state index in [2.05, 4.69) is 29.6 Å². The number of hydrogen-bond acceptors (Lipinski definition) is 4. The number of piperidine rings is 1. The van der Waals surface area contributed by atoms with Crippen LogP contribution in [0.1, 0.15) is 55.6 Å². The van der Waals surface area contributed by atoms with Gasteiger partial charge in [0.15, 0.2) is 0 Å². The Labute approximate surface area is 204 Å². The van der Waals surface area contributed by atoms with Crippen molar-refractivity contribution in [2.45, 2.75) is 50.0 Å². The fourth-order valence-corrected chi connectivity index (χ4v) is 6.46. The number of benzene rings is 2. The quantitative estimate of drug-likeness (QED) is 0.678. The summed E-state index contributed by atoms with van der Waals surface area (Å²) in [5.74, 6) is -1.08. The summed E-state index contributed by atoms with van der Waals surface area (Å²) in [7, 11) is 0. The van der Waals surface area contributed by atoms with Crippen LogP contribution >= 0.6 is 0 Å². The predicted molar refractivity (Wildman–Crippen MR) is 129 cm³/mol. The van der Waals surface area contributed by atoms with Crippen molar-refractivity contribution >= 4 is 18.0 Å². The summed E-state index contributed by atoms with van der Waals surface area (Å²) >= 11 is 0. The first-order valence-electron chi connectivity index (χ1n) is 12.6. The second kappa shape index (κ2) is 8.11. The van der Waals surface area contributed by atoms with Crippen molar-refractivity contribution in [1.29, 1.82) is 0 Å². The van der Waals surface area contributed by atoms with Gasteiger partial charge in [-0.15, -0.1) is 0 Å². The summed E-state index contributed by atoms with van der Waals surface area (Å²) in [5, 5.41) is 12.2. The average Bonchev–Trinajstić information content (AvgIpc) is 3.46. The van der Waals surface area contributed by atoms with Gasteiger partial charge in [0.1, 0.15) is 12.1 Å². The highest BCUT2D eigenvalue weighted by Crippen LogP contribution is 2.59. The van der Waals surface area contributed by atoms with Crippen molar-refractivity contribution < 1.29 is 24.2 Å². The zero-order valence-electron chi connectivity index (χ0n) is 19.7. The number of carbonyl (C=O) groups excluding carboxylic acids is 2. The lowest BCUT2D eigenvalue weighted by atomic mass is 9.75. The van der Waals surface area contributed by atoms with Gasteiger partial charge >= 0.3 is 12.1 Å². The van der Waals surface area contributed by atoms with Gasteiger partial charge in [-0.1, -0.05) is 48.5 Å². The molecule has 0 bridgehead atoms. The van der Waals surface area contributed by atoms with Crippen LogP contribution in [0.2, 0.25) is 0 Å². The molecule has 2 aromatic carbocycles. The van der Waals surface area contributed by atoms with Crippen molar-refractivity contribution in [2.24, 2.45) is 11.3 Å². The fraction of sp³-hybridized carbons (Fsp3) is 0.464. The van der Waals surface area contributed by atoms with E-state index in [1.807, 2.05) is 29.2 Å². The summed E-state index contributed by atoms with van der Waals surface area (Å²) < 4.78 is 5.71. The molecule has 2 N–H and O–H groups in total. The lowest BCUT2D eigenvalue weighted by Crippen LogP contribution is -2.64. The van der Waals surface area contributed by atoms with Crippen LogP contribution in [0.5, 0.6) is 0 Å². The molecule has 35 heavy (non-hydrogen) atoms. The third-order valence-electron chi connectivity index (χ3n) is 8.84. The van der Waals surface area contributed by atoms with Gasteiger partial charge in [0.2, 0.25) is 5.91 Å². The Hall–Kier alpha value is -3.35. The highest BCUT2D eigenvalue weighted by molar-refractivity contribution is 5.91. The first kappa shape index (κ1) is 22.1. The van der Waals surface area contributed by atoms with Crippen molar-refractivity contribution in [3.63, 3.8) is 0 Å². The molecule has 3 fully saturated rings. The fourth-order valence-electron chi connectivity index (χ4n) is 6.46. The molecule has 6 rings (SSSR count). The number of aliphatic carboxylic acids is 1. The molecule has 3 aliphatic carbocycles. The second-order valence-electron chi connectivity index (χ2n) is 10.6. The molecule has 7 nitrogen and oxygen atoms in total. The molecule has 4 aliphatic rings. The number of nitrogens with one attached hydrogen (secondary N) is 1. The molecule has 1 aliphatic heterocycles. The smallest absolute Gasteiger partial charge is 0.408 e. The van der Waals surface area contributed by atoms with Gasteiger partial charge in [0.25, 0.3) is 0 Å². The van der Waals surface area contributed by atoms with Crippen LogP contribution in [0.25, 0.3) is 11.1 Å². The van der Waals surface area contributed by atoms with E-state index in [1.165, 1.54) is 11.1 Å². The number of carbonyl (C=O) groups is 3. The Morgan fingerprint density at radius 1 is 0.943 bits per heavy atom. The maximum Gasteiger partial charge on any atom is 0.408 e. The van der Waals surface area contributed by atoms with E-state index >= 15 is 0 Å². The maximum absolute atomic E-state index is 13.4. The Morgan fingerprint density at radius 2 is 1.54 bits per heavy atom. The lowest BCUT2D eigenvalue weighted by Gasteiger charge is -2.45. The second-order valence-corrected chi connectivity index (χ2v) is 10.6. The predicted octanol–water partition coefficient (Wildman–Crippen LogP) is 4.16. The largest absolute Gasteiger partial charge is 0.481 e. The van der Waals surface area contributed by atoms with Crippen molar-refractivity contribution in [3.05, 3.63) is 59.7 Å². The number of rotatable bonds is 5. The van der Waals surface area contributed by atoms with E-state index in [0.717, 1.165) is 30.4 Å². The monoisotopic (exact) mass is 474 g/mol. The number of amides is 2. The third-order valence-corrected chi connectivity index (χ3v) is 8.84. The van der Waals surface area contributed by atoms with Gasteiger partial charge in [-0.05, 0) is 66.2 Å². The van der Waals surface area contributed by atoms with Gasteiger partial charge in [0.05, 0.1) is 5.92 Å². The molecule has 0 aromatic heterocycles. The van der Waals surface area contributed by atoms with Crippen LogP contribution < -0.4 is 5.32 Å². The number of carboxylic acid groups (broad SMARTS) is 1. The number of likely N-dealkylation sites (tertiary alicyclic amines) is 1. The normalized spacial score (nSPS) is 23.1. The van der Waals surface area contributed by atoms with Crippen molar-refractivity contribution in [1.82, 2.24) is 10.2 Å². The topological polar surface area (TPSA) is 95.9 Å². The van der Waals surface area contributed by atoms with E-state index in [-0.39, 0.29) is 29.8 Å². The molecule has 2 saturated carbocycles. The lowest BCUT2D eigenvalue weighted by molar-refractivity contribution is -0.144. The molecule has 2 aromatic rings. The van der Waals surface area contributed by atoms with E-state index in [1.54, 1.807) is 0 Å². The minimum atomic E-state index is -0.900. The first-order valence-corrected chi connectivity index (χ1v) is 12.6. The number of carboxylic acids is 1. The number of fused-ring (bicyclic) bond motifs is 3. The highest BCUT2D eigenvalue weighted by Gasteiger charge is 2.60. The standard InChI is InChI=1S/C28H30N2O5/c31-24(32)23-16-27(23)12-14-30(15-13-27)25(33)28(10-5-11-28)29-26(34)35-17-22-20-8-3-1-6-18(20)19-7-2-4-9-21(19)22/h1-4,6-9,22-23H,5,10-17H2,(H,29,34)(H,31,32). The molecule has 1 atom stereocenters. The van der Waals surface area contributed by atoms with Crippen molar-refractivity contribution in [2.75, 3.05) is 19.7 Å². The summed E-state index contributed by atoms with van der Waals surface area (Å²) in [6.07, 6.45) is 3.70. The van der Waals surface area contributed by atoms with Gasteiger partial charge < -0.3 is 20.1 Å². The van der Waals surface area contributed by atoms with Gasteiger partial charge in [-0.2, -0.15) is 0 Å². The van der Waals surface area contributed by atoms with Crippen LogP contribution in [0.15, 0.2) is 48.5 Å². The minimum absolute atomic E-state index is 0.0276. The number of alkyl carbamates (subject to hydrolysis) is 1. The van der Waals surface area contributed by atoms with E-state index < -0.39 is 17.6 Å². The summed E-state index contributed by atoms with van der Waals surface area (Å²) in [6, 6.07) is 16.4. The summed E-state index contributed by atoms with van der Waals surface area (Å²) in [5.41, 5.74) is 3.62. The van der Waals surface area contributed by atoms with Crippen LogP contribution in [-0.2, 0) is 14.3 Å². The SMILES string of the molecule is O=C(NC1(C(=O)N2CCC3(CC2)CC3C(=O)O)CCC1)OCC1c2ccccc2-c2ccccc21. The molecule has 1 spiro atoms. The molecule has 0 radical (unpaired) electrons. The zero-order chi connectivity index (χ0) is 24.2. The zero-order valence-corrected chi connectivity index (χ0v) is 19.7. The molecule has 1 heterocycles. The van der Waals surface area contributed by atoms with Crippen LogP contribution in [0.4, 0.5) is 4.79 Å². The molecule has 2 amide bonds. The maximum atomic E-state index is 13.4. The van der Waals surface area contributed by atoms with Gasteiger partial charge in [-0.25, -0.2) is 4.79 Å². The van der Waals surface area contributed by atoms with E-state index in [9.17, 15) is 19.5 Å². The van der Waals surface area contributed by atoms with Crippen molar-refractivity contribution in [3.8, 4) is 11.1 Å². The first-order chi connectivity index (χ1) is 16.9. The Bertz CT molecular complexity index is 1150. The van der Waals surface area contributed by atoms with Crippen LogP contribution in [0, 0.1) is 11.3 Å². The van der Waals surface area contributed by atoms with Gasteiger partial charge in [0, 0.05) is 19.0 Å². The molecular formula is C28H30N2O5. The van der Waals surface area contributed by atoms with Gasteiger partial charge in [-0.3, -0.25) is 9.59 Å². The van der Waals surface area contributed by atoms with Crippen LogP contribution in [-0.4, -0.2) is 53.2 Å². The molecule has 7 heteroatoms. The average molecular weight is 475 g/mol. The molecule has 1 unspecified atom stereocenters. The molecule has 182 valence electrons. The van der Waals surface area contributed by atoms with E-state index in [4.69, 9.17) is 4.74 Å². The summed E-state index contributed by atoms with van der Waals surface area (Å²) in [4.78, 5) is 39.4. The number of hydrogen-bond donors (Lipinski definition) is 2. The number of ether oxygens (including phenoxy) is 1. The molecule has 1 saturated heterocycles.